The van der Waals surface area contributed by atoms with Gasteiger partial charge < -0.3 is 5.32 Å². The number of halogens is 1. The maximum Gasteiger partial charge on any atom is 0.0963 e. The number of rotatable bonds is 4. The minimum absolute atomic E-state index is 0.201. The molecule has 0 radical (unpaired) electrons. The topological polar surface area (TPSA) is 24.4 Å². The van der Waals surface area contributed by atoms with Gasteiger partial charge in [0, 0.05) is 19.5 Å². The summed E-state index contributed by atoms with van der Waals surface area (Å²) < 4.78 is 11.8. The summed E-state index contributed by atoms with van der Waals surface area (Å²) in [5, 5.41) is 3.27. The maximum absolute atomic E-state index is 11.8. The lowest BCUT2D eigenvalue weighted by Gasteiger charge is -2.05. The van der Waals surface area contributed by atoms with E-state index in [9.17, 15) is 4.39 Å². The average molecular weight is 172 g/mol. The van der Waals surface area contributed by atoms with Crippen LogP contribution in [0.3, 0.4) is 0 Å². The van der Waals surface area contributed by atoms with Crippen molar-refractivity contribution in [3.05, 3.63) is 0 Å². The normalized spacial score (nSPS) is 17.9. The third-order valence-electron chi connectivity index (χ3n) is 2.01. The van der Waals surface area contributed by atoms with Gasteiger partial charge in [0.05, 0.1) is 12.5 Å². The first-order valence-corrected chi connectivity index (χ1v) is 4.76. The van der Waals surface area contributed by atoms with E-state index in [0.29, 0.717) is 6.42 Å². The van der Waals surface area contributed by atoms with Gasteiger partial charge in [-0.05, 0) is 25.7 Å². The van der Waals surface area contributed by atoms with Crippen LogP contribution in [0.4, 0.5) is 4.39 Å². The van der Waals surface area contributed by atoms with Gasteiger partial charge in [0.25, 0.3) is 0 Å². The van der Waals surface area contributed by atoms with Crippen molar-refractivity contribution in [2.24, 2.45) is 4.99 Å². The second-order valence-corrected chi connectivity index (χ2v) is 3.11. The summed E-state index contributed by atoms with van der Waals surface area (Å²) in [4.78, 5) is 4.38. The Morgan fingerprint density at radius 2 is 2.25 bits per heavy atom. The van der Waals surface area contributed by atoms with E-state index in [2.05, 4.69) is 10.3 Å². The van der Waals surface area contributed by atoms with Crippen LogP contribution in [0.2, 0.25) is 0 Å². The predicted molar refractivity (Wildman–Crippen MR) is 49.4 cm³/mol. The standard InChI is InChI=1S/C9H17FN2/c10-6-2-1-5-9-11-7-3-4-8-12-9/h1-8H2,(H,11,12). The highest BCUT2D eigenvalue weighted by molar-refractivity contribution is 5.82. The molecule has 0 aromatic heterocycles. The zero-order chi connectivity index (χ0) is 8.65. The third-order valence-corrected chi connectivity index (χ3v) is 2.01. The number of amidine groups is 1. The number of aliphatic imine (C=N–C) groups is 1. The first-order chi connectivity index (χ1) is 5.93. The molecule has 1 heterocycles. The monoisotopic (exact) mass is 172 g/mol. The van der Waals surface area contributed by atoms with Crippen LogP contribution in [-0.2, 0) is 0 Å². The van der Waals surface area contributed by atoms with Gasteiger partial charge in [0.1, 0.15) is 0 Å². The van der Waals surface area contributed by atoms with Crippen molar-refractivity contribution >= 4 is 5.84 Å². The van der Waals surface area contributed by atoms with Crippen LogP contribution in [0.25, 0.3) is 0 Å². The van der Waals surface area contributed by atoms with Crippen LogP contribution in [-0.4, -0.2) is 25.6 Å². The van der Waals surface area contributed by atoms with Gasteiger partial charge in [-0.2, -0.15) is 0 Å². The number of hydrogen-bond donors (Lipinski definition) is 1. The summed E-state index contributed by atoms with van der Waals surface area (Å²) >= 11 is 0. The molecule has 0 saturated carbocycles. The molecule has 0 aromatic carbocycles. The molecule has 0 aliphatic carbocycles. The van der Waals surface area contributed by atoms with Gasteiger partial charge in [0.2, 0.25) is 0 Å². The molecule has 1 N–H and O–H groups in total. The Morgan fingerprint density at radius 1 is 1.33 bits per heavy atom. The van der Waals surface area contributed by atoms with Crippen LogP contribution >= 0.6 is 0 Å². The minimum Gasteiger partial charge on any atom is -0.374 e. The van der Waals surface area contributed by atoms with Crippen LogP contribution < -0.4 is 5.32 Å². The highest BCUT2D eigenvalue weighted by atomic mass is 19.1. The molecular weight excluding hydrogens is 155 g/mol. The van der Waals surface area contributed by atoms with E-state index in [1.807, 2.05) is 0 Å². The van der Waals surface area contributed by atoms with Crippen molar-refractivity contribution in [1.82, 2.24) is 5.32 Å². The lowest BCUT2D eigenvalue weighted by molar-refractivity contribution is 0.464. The SMILES string of the molecule is FCCCCC1=NCCCCN1. The predicted octanol–water partition coefficient (Wildman–Crippen LogP) is 1.91. The Kier molecular flexibility index (Phi) is 4.73. The summed E-state index contributed by atoms with van der Waals surface area (Å²) in [5.41, 5.74) is 0. The van der Waals surface area contributed by atoms with Crippen molar-refractivity contribution in [3.8, 4) is 0 Å². The van der Waals surface area contributed by atoms with E-state index >= 15 is 0 Å². The number of nitrogens with one attached hydrogen (secondary N) is 1. The van der Waals surface area contributed by atoms with E-state index < -0.39 is 0 Å². The average Bonchev–Trinajstić information content (AvgIpc) is 2.33. The molecule has 0 spiro atoms. The van der Waals surface area contributed by atoms with Crippen LogP contribution in [0.15, 0.2) is 4.99 Å². The summed E-state index contributed by atoms with van der Waals surface area (Å²) in [6, 6.07) is 0. The molecule has 0 fully saturated rings. The number of unbranched alkanes of at least 4 members (excludes halogenated alkanes) is 1. The number of nitrogens with zero attached hydrogens (tertiary/aromatic N) is 1. The Bertz CT molecular complexity index is 145. The summed E-state index contributed by atoms with van der Waals surface area (Å²) in [5.74, 6) is 1.08. The van der Waals surface area contributed by atoms with E-state index in [1.165, 1.54) is 12.8 Å². The van der Waals surface area contributed by atoms with Crippen molar-refractivity contribution in [3.63, 3.8) is 0 Å². The van der Waals surface area contributed by atoms with Gasteiger partial charge in [0.15, 0.2) is 0 Å². The summed E-state index contributed by atoms with van der Waals surface area (Å²) in [6.07, 6.45) is 4.89. The van der Waals surface area contributed by atoms with E-state index in [0.717, 1.165) is 31.8 Å². The smallest absolute Gasteiger partial charge is 0.0963 e. The molecule has 1 aliphatic heterocycles. The Labute approximate surface area is 73.3 Å². The molecule has 1 aliphatic rings. The summed E-state index contributed by atoms with van der Waals surface area (Å²) in [7, 11) is 0. The summed E-state index contributed by atoms with van der Waals surface area (Å²) in [6.45, 7) is 1.78. The molecule has 0 atom stereocenters. The highest BCUT2D eigenvalue weighted by Gasteiger charge is 2.01. The molecule has 0 bridgehead atoms. The van der Waals surface area contributed by atoms with Gasteiger partial charge in [-0.25, -0.2) is 0 Å². The van der Waals surface area contributed by atoms with Gasteiger partial charge in [-0.15, -0.1) is 0 Å². The Morgan fingerprint density at radius 3 is 3.08 bits per heavy atom. The van der Waals surface area contributed by atoms with Gasteiger partial charge in [-0.3, -0.25) is 9.38 Å². The van der Waals surface area contributed by atoms with E-state index in [-0.39, 0.29) is 6.67 Å². The first kappa shape index (κ1) is 9.49. The lowest BCUT2D eigenvalue weighted by Crippen LogP contribution is -2.22. The van der Waals surface area contributed by atoms with Crippen molar-refractivity contribution < 1.29 is 4.39 Å². The first-order valence-electron chi connectivity index (χ1n) is 4.76. The molecule has 3 heteroatoms. The molecule has 0 unspecified atom stereocenters. The largest absolute Gasteiger partial charge is 0.374 e. The fraction of sp³-hybridized carbons (Fsp3) is 0.889. The number of hydrogen-bond acceptors (Lipinski definition) is 2. The molecule has 0 saturated heterocycles. The highest BCUT2D eigenvalue weighted by Crippen LogP contribution is 2.01. The second kappa shape index (κ2) is 5.98. The lowest BCUT2D eigenvalue weighted by atomic mass is 10.2. The fourth-order valence-corrected chi connectivity index (χ4v) is 1.29. The molecule has 0 aromatic rings. The third kappa shape index (κ3) is 3.69. The van der Waals surface area contributed by atoms with Crippen LogP contribution in [0.5, 0.6) is 0 Å². The zero-order valence-electron chi connectivity index (χ0n) is 7.48. The molecule has 1 rings (SSSR count). The maximum atomic E-state index is 11.8. The van der Waals surface area contributed by atoms with Crippen molar-refractivity contribution in [1.29, 1.82) is 0 Å². The molecule has 70 valence electrons. The van der Waals surface area contributed by atoms with E-state index in [4.69, 9.17) is 0 Å². The number of alkyl halides is 1. The van der Waals surface area contributed by atoms with Crippen LogP contribution in [0, 0.1) is 0 Å². The quantitative estimate of drug-likeness (QED) is 0.643. The zero-order valence-corrected chi connectivity index (χ0v) is 7.48. The molecular formula is C9H17FN2. The molecule has 0 amide bonds. The van der Waals surface area contributed by atoms with Gasteiger partial charge >= 0.3 is 0 Å². The van der Waals surface area contributed by atoms with Crippen molar-refractivity contribution in [2.75, 3.05) is 19.8 Å². The Hall–Kier alpha value is -0.600. The second-order valence-electron chi connectivity index (χ2n) is 3.11. The molecule has 2 nitrogen and oxygen atoms in total. The molecule has 12 heavy (non-hydrogen) atoms. The van der Waals surface area contributed by atoms with Crippen LogP contribution in [0.1, 0.15) is 32.1 Å². The van der Waals surface area contributed by atoms with Crippen molar-refractivity contribution in [2.45, 2.75) is 32.1 Å². The minimum atomic E-state index is -0.201. The van der Waals surface area contributed by atoms with Gasteiger partial charge in [-0.1, -0.05) is 0 Å². The Balaban J connectivity index is 2.15. The fourth-order valence-electron chi connectivity index (χ4n) is 1.29. The van der Waals surface area contributed by atoms with E-state index in [1.54, 1.807) is 0 Å².